The first-order valence-electron chi connectivity index (χ1n) is 5.77. The van der Waals surface area contributed by atoms with Gasteiger partial charge in [-0.2, -0.15) is 0 Å². The van der Waals surface area contributed by atoms with Gasteiger partial charge >= 0.3 is 0 Å². The zero-order chi connectivity index (χ0) is 13.2. The Hall–Kier alpha value is -1.01. The van der Waals surface area contributed by atoms with Crippen molar-refractivity contribution in [2.45, 2.75) is 6.54 Å². The van der Waals surface area contributed by atoms with Crippen LogP contribution in [0.2, 0.25) is 0 Å². The van der Waals surface area contributed by atoms with Crippen LogP contribution in [0, 0.1) is 0 Å². The lowest BCUT2D eigenvalue weighted by atomic mass is 10.1. The maximum absolute atomic E-state index is 5.67. The first-order chi connectivity index (χ1) is 9.26. The molecule has 2 heterocycles. The van der Waals surface area contributed by atoms with E-state index in [0.717, 1.165) is 25.6 Å². The van der Waals surface area contributed by atoms with E-state index in [2.05, 4.69) is 45.6 Å². The Kier molecular flexibility index (Phi) is 3.79. The number of hydrogen-bond acceptors (Lipinski definition) is 4. The van der Waals surface area contributed by atoms with Crippen molar-refractivity contribution in [3.63, 3.8) is 0 Å². The lowest BCUT2D eigenvalue weighted by Crippen LogP contribution is -1.95. The number of benzene rings is 1. The number of thiazole rings is 1. The van der Waals surface area contributed by atoms with Gasteiger partial charge in [0.05, 0.1) is 14.4 Å². The zero-order valence-corrected chi connectivity index (χ0v) is 13.2. The third-order valence-electron chi connectivity index (χ3n) is 2.75. The molecule has 5 heteroatoms. The van der Waals surface area contributed by atoms with Crippen molar-refractivity contribution in [2.24, 2.45) is 5.73 Å². The maximum atomic E-state index is 5.67. The van der Waals surface area contributed by atoms with Crippen LogP contribution < -0.4 is 5.73 Å². The summed E-state index contributed by atoms with van der Waals surface area (Å²) in [5, 5.41) is 3.15. The number of hydrogen-bond donors (Lipinski definition) is 1. The molecule has 3 rings (SSSR count). The van der Waals surface area contributed by atoms with Crippen LogP contribution in [0.4, 0.5) is 0 Å². The summed E-state index contributed by atoms with van der Waals surface area (Å²) >= 11 is 6.85. The van der Waals surface area contributed by atoms with Gasteiger partial charge in [-0.25, -0.2) is 4.98 Å². The Morgan fingerprint density at radius 2 is 2.11 bits per heavy atom. The van der Waals surface area contributed by atoms with Gasteiger partial charge in [-0.05, 0) is 39.7 Å². The summed E-state index contributed by atoms with van der Waals surface area (Å²) in [6.07, 6.45) is 0. The van der Waals surface area contributed by atoms with Crippen LogP contribution in [0.25, 0.3) is 21.1 Å². The molecule has 0 atom stereocenters. The molecule has 0 unspecified atom stereocenters. The smallest absolute Gasteiger partial charge is 0.134 e. The molecule has 0 saturated carbocycles. The van der Waals surface area contributed by atoms with Crippen molar-refractivity contribution < 1.29 is 0 Å². The molecule has 0 aliphatic rings. The number of thiophene rings is 1. The fourth-order valence-electron chi connectivity index (χ4n) is 1.81. The molecule has 0 saturated heterocycles. The summed E-state index contributed by atoms with van der Waals surface area (Å²) in [5.41, 5.74) is 8.94. The normalized spacial score (nSPS) is 10.8. The van der Waals surface area contributed by atoms with Crippen LogP contribution in [0.5, 0.6) is 0 Å². The summed E-state index contributed by atoms with van der Waals surface area (Å²) in [6.45, 7) is 0.558. The molecule has 3 aromatic rings. The second kappa shape index (κ2) is 5.54. The summed E-state index contributed by atoms with van der Waals surface area (Å²) in [6, 6.07) is 12.4. The Labute approximate surface area is 128 Å². The first-order valence-corrected chi connectivity index (χ1v) is 8.26. The minimum absolute atomic E-state index is 0.558. The van der Waals surface area contributed by atoms with E-state index < -0.39 is 0 Å². The van der Waals surface area contributed by atoms with Gasteiger partial charge in [0, 0.05) is 17.5 Å². The van der Waals surface area contributed by atoms with Crippen molar-refractivity contribution in [1.29, 1.82) is 0 Å². The maximum Gasteiger partial charge on any atom is 0.134 e. The predicted octanol–water partition coefficient (Wildman–Crippen LogP) is 4.76. The van der Waals surface area contributed by atoms with E-state index in [1.54, 1.807) is 22.7 Å². The molecule has 0 bridgehead atoms. The van der Waals surface area contributed by atoms with Gasteiger partial charge in [-0.15, -0.1) is 22.7 Å². The van der Waals surface area contributed by atoms with Crippen LogP contribution in [-0.4, -0.2) is 4.98 Å². The number of rotatable bonds is 3. The molecule has 2 nitrogen and oxygen atoms in total. The highest BCUT2D eigenvalue weighted by molar-refractivity contribution is 9.11. The Morgan fingerprint density at radius 3 is 2.84 bits per heavy atom. The second-order valence-electron chi connectivity index (χ2n) is 4.05. The Morgan fingerprint density at radius 1 is 1.21 bits per heavy atom. The highest BCUT2D eigenvalue weighted by atomic mass is 79.9. The third-order valence-corrected chi connectivity index (χ3v) is 5.38. The molecule has 0 aliphatic carbocycles. The van der Waals surface area contributed by atoms with Gasteiger partial charge in [0.25, 0.3) is 0 Å². The highest BCUT2D eigenvalue weighted by Gasteiger charge is 2.08. The molecule has 0 amide bonds. The van der Waals surface area contributed by atoms with Gasteiger partial charge < -0.3 is 5.73 Å². The quantitative estimate of drug-likeness (QED) is 0.739. The molecule has 0 fully saturated rings. The molecular formula is C14H11BrN2S2. The number of halogens is 1. The van der Waals surface area contributed by atoms with Crippen molar-refractivity contribution >= 4 is 38.6 Å². The molecule has 19 heavy (non-hydrogen) atoms. The largest absolute Gasteiger partial charge is 0.326 e. The Balaban J connectivity index is 1.96. The van der Waals surface area contributed by atoms with Crippen molar-refractivity contribution in [3.8, 4) is 21.1 Å². The average Bonchev–Trinajstić information content (AvgIpc) is 3.07. The number of aromatic nitrogens is 1. The summed E-state index contributed by atoms with van der Waals surface area (Å²) in [5.74, 6) is 0. The molecule has 0 radical (unpaired) electrons. The second-order valence-corrected chi connectivity index (χ2v) is 7.37. The molecule has 2 N–H and O–H groups in total. The average molecular weight is 351 g/mol. The van der Waals surface area contributed by atoms with E-state index in [9.17, 15) is 0 Å². The topological polar surface area (TPSA) is 38.9 Å². The fraction of sp³-hybridized carbons (Fsp3) is 0.0714. The van der Waals surface area contributed by atoms with Crippen LogP contribution in [0.1, 0.15) is 5.56 Å². The SMILES string of the molecule is NCc1cccc(-c2csc(-c3ccc(Br)s3)n2)c1. The van der Waals surface area contributed by atoms with Gasteiger partial charge in [-0.3, -0.25) is 0 Å². The lowest BCUT2D eigenvalue weighted by molar-refractivity contribution is 1.07. The van der Waals surface area contributed by atoms with Gasteiger partial charge in [-0.1, -0.05) is 18.2 Å². The van der Waals surface area contributed by atoms with Gasteiger partial charge in [0.1, 0.15) is 5.01 Å². The molecular weight excluding hydrogens is 340 g/mol. The first kappa shape index (κ1) is 13.0. The highest BCUT2D eigenvalue weighted by Crippen LogP contribution is 2.35. The molecule has 1 aromatic carbocycles. The van der Waals surface area contributed by atoms with Crippen LogP contribution in [0.15, 0.2) is 45.6 Å². The van der Waals surface area contributed by atoms with Gasteiger partial charge in [0.15, 0.2) is 0 Å². The van der Waals surface area contributed by atoms with E-state index in [1.165, 1.54) is 4.88 Å². The van der Waals surface area contributed by atoms with E-state index in [1.807, 2.05) is 12.1 Å². The van der Waals surface area contributed by atoms with Gasteiger partial charge in [0.2, 0.25) is 0 Å². The van der Waals surface area contributed by atoms with Crippen LogP contribution in [-0.2, 0) is 6.54 Å². The molecule has 96 valence electrons. The Bertz CT molecular complexity index is 703. The summed E-state index contributed by atoms with van der Waals surface area (Å²) in [7, 11) is 0. The third kappa shape index (κ3) is 2.79. The van der Waals surface area contributed by atoms with Crippen LogP contribution in [0.3, 0.4) is 0 Å². The summed E-state index contributed by atoms with van der Waals surface area (Å²) in [4.78, 5) is 5.90. The number of nitrogens with two attached hydrogens (primary N) is 1. The molecule has 0 aliphatic heterocycles. The van der Waals surface area contributed by atoms with E-state index in [-0.39, 0.29) is 0 Å². The van der Waals surface area contributed by atoms with Crippen molar-refractivity contribution in [1.82, 2.24) is 4.98 Å². The van der Waals surface area contributed by atoms with E-state index in [4.69, 9.17) is 10.7 Å². The summed E-state index contributed by atoms with van der Waals surface area (Å²) < 4.78 is 1.13. The monoisotopic (exact) mass is 350 g/mol. The van der Waals surface area contributed by atoms with E-state index in [0.29, 0.717) is 6.54 Å². The predicted molar refractivity (Wildman–Crippen MR) is 86.5 cm³/mol. The molecule has 0 spiro atoms. The lowest BCUT2D eigenvalue weighted by Gasteiger charge is -2.00. The molecule has 2 aromatic heterocycles. The van der Waals surface area contributed by atoms with Crippen LogP contribution >= 0.6 is 38.6 Å². The zero-order valence-electron chi connectivity index (χ0n) is 9.97. The van der Waals surface area contributed by atoms with Crippen molar-refractivity contribution in [2.75, 3.05) is 0 Å². The number of nitrogens with zero attached hydrogens (tertiary/aromatic N) is 1. The standard InChI is InChI=1S/C14H11BrN2S2/c15-13-5-4-12(19-13)14-17-11(8-18-14)10-3-1-2-9(6-10)7-16/h1-6,8H,7,16H2. The van der Waals surface area contributed by atoms with E-state index >= 15 is 0 Å². The van der Waals surface area contributed by atoms with Crippen molar-refractivity contribution in [3.05, 3.63) is 51.1 Å². The fourth-order valence-corrected chi connectivity index (χ4v) is 4.09. The minimum atomic E-state index is 0.558. The minimum Gasteiger partial charge on any atom is -0.326 e.